The molecular weight excluding hydrogens is 422 g/mol. The van der Waals surface area contributed by atoms with Crippen molar-refractivity contribution in [2.75, 3.05) is 64.9 Å². The minimum absolute atomic E-state index is 0.0379. The van der Waals surface area contributed by atoms with Crippen molar-refractivity contribution in [3.05, 3.63) is 42.5 Å². The van der Waals surface area contributed by atoms with Gasteiger partial charge in [-0.2, -0.15) is 0 Å². The van der Waals surface area contributed by atoms with Gasteiger partial charge in [-0.25, -0.2) is 15.0 Å². The third-order valence-electron chi connectivity index (χ3n) is 6.45. The van der Waals surface area contributed by atoms with Crippen LogP contribution in [-0.4, -0.2) is 101 Å². The molecule has 2 aromatic heterocycles. The number of piperazine rings is 1. The van der Waals surface area contributed by atoms with Crippen molar-refractivity contribution < 1.29 is 14.6 Å². The number of benzene rings is 1. The van der Waals surface area contributed by atoms with Gasteiger partial charge in [0.05, 0.1) is 26.1 Å². The first-order valence-electron chi connectivity index (χ1n) is 11.4. The molecule has 10 nitrogen and oxygen atoms in total. The number of fused-ring (bicyclic) bond motifs is 1. The predicted octanol–water partition coefficient (Wildman–Crippen LogP) is 0.979. The molecule has 3 aromatic rings. The van der Waals surface area contributed by atoms with E-state index in [2.05, 4.69) is 48.8 Å². The Morgan fingerprint density at radius 3 is 2.58 bits per heavy atom. The standard InChI is InChI=1S/C23H31N7O3/c1-27-7-9-29(10-8-27)22-21-23(25-15-24-22)30(16-26-21)20-13-28(12-19(14-31)33-20)11-17-3-5-18(32-2)6-4-17/h3-6,15-16,19-20,31H,7-14H2,1-2H3/t19-,20+/m0/s1. The van der Waals surface area contributed by atoms with Crippen LogP contribution in [0.1, 0.15) is 11.8 Å². The highest BCUT2D eigenvalue weighted by atomic mass is 16.5. The third kappa shape index (κ3) is 4.65. The van der Waals surface area contributed by atoms with E-state index in [-0.39, 0.29) is 18.9 Å². The van der Waals surface area contributed by atoms with Crippen LogP contribution >= 0.6 is 0 Å². The smallest absolute Gasteiger partial charge is 0.167 e. The van der Waals surface area contributed by atoms with E-state index in [1.165, 1.54) is 5.56 Å². The van der Waals surface area contributed by atoms with Gasteiger partial charge in [-0.15, -0.1) is 0 Å². The summed E-state index contributed by atoms with van der Waals surface area (Å²) in [5.74, 6) is 1.71. The molecule has 0 radical (unpaired) electrons. The Kier molecular flexibility index (Phi) is 6.41. The zero-order chi connectivity index (χ0) is 22.8. The number of anilines is 1. The number of ether oxygens (including phenoxy) is 2. The van der Waals surface area contributed by atoms with E-state index in [1.807, 2.05) is 16.7 Å². The second-order valence-corrected chi connectivity index (χ2v) is 8.75. The first-order chi connectivity index (χ1) is 16.1. The van der Waals surface area contributed by atoms with Crippen LogP contribution in [0.2, 0.25) is 0 Å². The fraction of sp³-hybridized carbons (Fsp3) is 0.522. The number of methoxy groups -OCH3 is 1. The van der Waals surface area contributed by atoms with Gasteiger partial charge in [-0.05, 0) is 24.7 Å². The maximum absolute atomic E-state index is 9.88. The lowest BCUT2D eigenvalue weighted by atomic mass is 10.1. The SMILES string of the molecule is COc1ccc(CN2C[C@@H](CO)O[C@@H](n3cnc4c(N5CCN(C)CC5)ncnc43)C2)cc1. The maximum atomic E-state index is 9.88. The second-order valence-electron chi connectivity index (χ2n) is 8.75. The Morgan fingerprint density at radius 2 is 1.85 bits per heavy atom. The molecule has 10 heteroatoms. The zero-order valence-electron chi connectivity index (χ0n) is 19.2. The summed E-state index contributed by atoms with van der Waals surface area (Å²) in [6, 6.07) is 8.08. The van der Waals surface area contributed by atoms with Crippen LogP contribution < -0.4 is 9.64 Å². The molecule has 33 heavy (non-hydrogen) atoms. The first-order valence-corrected chi connectivity index (χ1v) is 11.4. The van der Waals surface area contributed by atoms with Crippen molar-refractivity contribution >= 4 is 17.0 Å². The molecule has 1 aromatic carbocycles. The molecule has 2 atom stereocenters. The molecule has 2 saturated heterocycles. The number of nitrogens with zero attached hydrogens (tertiary/aromatic N) is 7. The summed E-state index contributed by atoms with van der Waals surface area (Å²) in [6.07, 6.45) is 2.82. The number of aromatic nitrogens is 4. The molecule has 0 saturated carbocycles. The average molecular weight is 454 g/mol. The fourth-order valence-electron chi connectivity index (χ4n) is 4.56. The van der Waals surface area contributed by atoms with Gasteiger partial charge in [0.2, 0.25) is 0 Å². The van der Waals surface area contributed by atoms with E-state index < -0.39 is 0 Å². The minimum Gasteiger partial charge on any atom is -0.497 e. The van der Waals surface area contributed by atoms with Crippen LogP contribution in [0.4, 0.5) is 5.82 Å². The van der Waals surface area contributed by atoms with Gasteiger partial charge in [-0.3, -0.25) is 9.47 Å². The molecular formula is C23H31N7O3. The molecule has 0 unspecified atom stereocenters. The number of imidazole rings is 1. The molecule has 4 heterocycles. The lowest BCUT2D eigenvalue weighted by Gasteiger charge is -2.38. The highest BCUT2D eigenvalue weighted by molar-refractivity contribution is 5.83. The van der Waals surface area contributed by atoms with Gasteiger partial charge in [0, 0.05) is 45.8 Å². The Labute approximate surface area is 193 Å². The van der Waals surface area contributed by atoms with E-state index in [9.17, 15) is 5.11 Å². The molecule has 1 N–H and O–H groups in total. The van der Waals surface area contributed by atoms with E-state index >= 15 is 0 Å². The van der Waals surface area contributed by atoms with Crippen molar-refractivity contribution in [3.63, 3.8) is 0 Å². The average Bonchev–Trinajstić information content (AvgIpc) is 3.29. The largest absolute Gasteiger partial charge is 0.497 e. The molecule has 0 aliphatic carbocycles. The molecule has 2 aliphatic rings. The number of aliphatic hydroxyl groups is 1. The highest BCUT2D eigenvalue weighted by Gasteiger charge is 2.30. The van der Waals surface area contributed by atoms with Crippen LogP contribution in [-0.2, 0) is 11.3 Å². The summed E-state index contributed by atoms with van der Waals surface area (Å²) < 4.78 is 13.5. The number of likely N-dealkylation sites (N-methyl/N-ethyl adjacent to an activating group) is 1. The summed E-state index contributed by atoms with van der Waals surface area (Å²) in [6.45, 7) is 5.87. The number of aliphatic hydroxyl groups excluding tert-OH is 1. The van der Waals surface area contributed by atoms with Gasteiger partial charge in [0.25, 0.3) is 0 Å². The van der Waals surface area contributed by atoms with Gasteiger partial charge in [0.15, 0.2) is 17.0 Å². The third-order valence-corrected chi connectivity index (χ3v) is 6.45. The van der Waals surface area contributed by atoms with Crippen molar-refractivity contribution in [1.29, 1.82) is 0 Å². The summed E-state index contributed by atoms with van der Waals surface area (Å²) >= 11 is 0. The topological polar surface area (TPSA) is 92.0 Å². The Bertz CT molecular complexity index is 1070. The minimum atomic E-state index is -0.297. The Morgan fingerprint density at radius 1 is 1.06 bits per heavy atom. The van der Waals surface area contributed by atoms with Crippen molar-refractivity contribution in [2.24, 2.45) is 0 Å². The van der Waals surface area contributed by atoms with Crippen LogP contribution in [0, 0.1) is 0 Å². The molecule has 5 rings (SSSR count). The van der Waals surface area contributed by atoms with E-state index in [1.54, 1.807) is 19.8 Å². The van der Waals surface area contributed by atoms with Crippen LogP contribution in [0.5, 0.6) is 5.75 Å². The zero-order valence-corrected chi connectivity index (χ0v) is 19.2. The summed E-state index contributed by atoms with van der Waals surface area (Å²) in [4.78, 5) is 20.7. The lowest BCUT2D eigenvalue weighted by Crippen LogP contribution is -2.46. The second kappa shape index (κ2) is 9.60. The van der Waals surface area contributed by atoms with Gasteiger partial charge in [0.1, 0.15) is 18.3 Å². The summed E-state index contributed by atoms with van der Waals surface area (Å²) in [7, 11) is 3.80. The number of morpholine rings is 1. The molecule has 0 bridgehead atoms. The summed E-state index contributed by atoms with van der Waals surface area (Å²) in [5.41, 5.74) is 2.73. The number of rotatable bonds is 6. The summed E-state index contributed by atoms with van der Waals surface area (Å²) in [5, 5.41) is 9.88. The van der Waals surface area contributed by atoms with Crippen LogP contribution in [0.3, 0.4) is 0 Å². The first kappa shape index (κ1) is 22.0. The van der Waals surface area contributed by atoms with Crippen molar-refractivity contribution in [3.8, 4) is 5.75 Å². The molecule has 0 amide bonds. The van der Waals surface area contributed by atoms with Crippen LogP contribution in [0.25, 0.3) is 11.2 Å². The number of hydrogen-bond acceptors (Lipinski definition) is 9. The van der Waals surface area contributed by atoms with Crippen LogP contribution in [0.15, 0.2) is 36.9 Å². The molecule has 2 aliphatic heterocycles. The van der Waals surface area contributed by atoms with E-state index in [0.717, 1.165) is 55.5 Å². The van der Waals surface area contributed by atoms with Crippen molar-refractivity contribution in [2.45, 2.75) is 18.9 Å². The molecule has 2 fully saturated rings. The molecule has 176 valence electrons. The normalized spacial score (nSPS) is 22.7. The predicted molar refractivity (Wildman–Crippen MR) is 124 cm³/mol. The lowest BCUT2D eigenvalue weighted by molar-refractivity contribution is -0.135. The molecule has 0 spiro atoms. The fourth-order valence-corrected chi connectivity index (χ4v) is 4.56. The Hall–Kier alpha value is -2.79. The monoisotopic (exact) mass is 453 g/mol. The number of hydrogen-bond donors (Lipinski definition) is 1. The van der Waals surface area contributed by atoms with E-state index in [4.69, 9.17) is 9.47 Å². The van der Waals surface area contributed by atoms with Gasteiger partial charge in [-0.1, -0.05) is 12.1 Å². The van der Waals surface area contributed by atoms with Gasteiger partial charge < -0.3 is 24.4 Å². The maximum Gasteiger partial charge on any atom is 0.167 e. The quantitative estimate of drug-likeness (QED) is 0.586. The van der Waals surface area contributed by atoms with E-state index in [0.29, 0.717) is 13.1 Å². The van der Waals surface area contributed by atoms with Crippen molar-refractivity contribution in [1.82, 2.24) is 29.3 Å². The van der Waals surface area contributed by atoms with Gasteiger partial charge >= 0.3 is 0 Å². The Balaban J connectivity index is 1.38. The highest BCUT2D eigenvalue weighted by Crippen LogP contribution is 2.28.